The molecule has 9 heteroatoms. The number of nitrogens with zero attached hydrogens (tertiary/aromatic N) is 1. The van der Waals surface area contributed by atoms with Crippen molar-refractivity contribution in [3.05, 3.63) is 42.0 Å². The highest BCUT2D eigenvalue weighted by molar-refractivity contribution is 7.80. The Hall–Kier alpha value is -3.20. The van der Waals surface area contributed by atoms with E-state index in [9.17, 15) is 14.4 Å². The van der Waals surface area contributed by atoms with Gasteiger partial charge < -0.3 is 14.6 Å². The third-order valence-electron chi connectivity index (χ3n) is 3.36. The maximum absolute atomic E-state index is 12.5. The van der Waals surface area contributed by atoms with E-state index < -0.39 is 24.4 Å². The van der Waals surface area contributed by atoms with Gasteiger partial charge in [-0.3, -0.25) is 19.8 Å². The van der Waals surface area contributed by atoms with E-state index in [1.807, 2.05) is 0 Å². The van der Waals surface area contributed by atoms with Gasteiger partial charge in [-0.2, -0.15) is 0 Å². The molecule has 26 heavy (non-hydrogen) atoms. The van der Waals surface area contributed by atoms with Gasteiger partial charge in [0.05, 0.1) is 7.11 Å². The van der Waals surface area contributed by atoms with Crippen molar-refractivity contribution in [3.63, 3.8) is 0 Å². The van der Waals surface area contributed by atoms with Crippen LogP contribution in [-0.4, -0.2) is 53.2 Å². The molecule has 0 unspecified atom stereocenters. The van der Waals surface area contributed by atoms with Crippen molar-refractivity contribution < 1.29 is 29.0 Å². The zero-order valence-electron chi connectivity index (χ0n) is 13.9. The first-order valence-corrected chi connectivity index (χ1v) is 7.80. The van der Waals surface area contributed by atoms with Gasteiger partial charge in [0.15, 0.2) is 11.7 Å². The molecule has 1 aliphatic rings. The molecule has 1 aromatic carbocycles. The van der Waals surface area contributed by atoms with E-state index in [0.29, 0.717) is 11.3 Å². The van der Waals surface area contributed by atoms with Crippen LogP contribution < -0.4 is 14.8 Å². The third-order valence-corrected chi connectivity index (χ3v) is 3.69. The fourth-order valence-electron chi connectivity index (χ4n) is 2.19. The minimum absolute atomic E-state index is 0.0152. The van der Waals surface area contributed by atoms with E-state index in [1.54, 1.807) is 6.07 Å². The molecule has 0 atom stereocenters. The summed E-state index contributed by atoms with van der Waals surface area (Å²) in [5.74, 6) is -1.69. The molecule has 0 saturated carbocycles. The van der Waals surface area contributed by atoms with Gasteiger partial charge in [0.25, 0.3) is 11.8 Å². The van der Waals surface area contributed by atoms with E-state index in [4.69, 9.17) is 26.8 Å². The van der Waals surface area contributed by atoms with Gasteiger partial charge in [-0.25, -0.2) is 4.79 Å². The number of methoxy groups -OCH3 is 1. The highest BCUT2D eigenvalue weighted by atomic mass is 32.1. The number of aliphatic carboxylic acids is 1. The Balaban J connectivity index is 2.35. The second-order valence-electron chi connectivity index (χ2n) is 5.11. The van der Waals surface area contributed by atoms with Gasteiger partial charge in [-0.15, -0.1) is 6.58 Å². The fraction of sp³-hybridized carbons (Fsp3) is 0.176. The number of carboxylic acid groups (broad SMARTS) is 1. The van der Waals surface area contributed by atoms with Crippen molar-refractivity contribution in [2.75, 3.05) is 20.3 Å². The lowest BCUT2D eigenvalue weighted by molar-refractivity contribution is -0.139. The molecule has 1 fully saturated rings. The average Bonchev–Trinajstić information content (AvgIpc) is 2.60. The van der Waals surface area contributed by atoms with E-state index in [-0.39, 0.29) is 23.0 Å². The van der Waals surface area contributed by atoms with Crippen molar-refractivity contribution in [1.29, 1.82) is 0 Å². The Morgan fingerprint density at radius 1 is 1.42 bits per heavy atom. The minimum Gasteiger partial charge on any atom is -0.496 e. The molecule has 1 aliphatic heterocycles. The molecular weight excluding hydrogens is 360 g/mol. The van der Waals surface area contributed by atoms with Gasteiger partial charge in [-0.05, 0) is 30.4 Å². The van der Waals surface area contributed by atoms with Crippen LogP contribution in [0.5, 0.6) is 11.5 Å². The number of carbonyl (C=O) groups is 3. The molecular formula is C17H16N2O6S. The summed E-state index contributed by atoms with van der Waals surface area (Å²) in [5, 5.41) is 11.1. The lowest BCUT2D eigenvalue weighted by Crippen LogP contribution is -2.53. The molecule has 0 aromatic heterocycles. The number of hydrogen-bond donors (Lipinski definition) is 2. The number of benzene rings is 1. The first kappa shape index (κ1) is 19.1. The molecule has 1 aromatic rings. The first-order valence-electron chi connectivity index (χ1n) is 7.39. The summed E-state index contributed by atoms with van der Waals surface area (Å²) in [6.45, 7) is 3.22. The topological polar surface area (TPSA) is 105 Å². The largest absolute Gasteiger partial charge is 0.496 e. The SMILES string of the molecule is C=CCN1C(=O)C(=Cc2ccc(OCC(=O)O)cc2OC)C(=O)NC1=S. The third kappa shape index (κ3) is 4.25. The van der Waals surface area contributed by atoms with Crippen LogP contribution in [0.15, 0.2) is 36.4 Å². The number of thiocarbonyl (C=S) groups is 1. The molecule has 2 amide bonds. The van der Waals surface area contributed by atoms with Crippen LogP contribution in [0.4, 0.5) is 0 Å². The Bertz CT molecular complexity index is 817. The lowest BCUT2D eigenvalue weighted by Gasteiger charge is -2.27. The monoisotopic (exact) mass is 376 g/mol. The van der Waals surface area contributed by atoms with Gasteiger partial charge in [0, 0.05) is 18.2 Å². The molecule has 0 radical (unpaired) electrons. The lowest BCUT2D eigenvalue weighted by atomic mass is 10.1. The number of rotatable bonds is 7. The Morgan fingerprint density at radius 2 is 2.15 bits per heavy atom. The number of hydrogen-bond acceptors (Lipinski definition) is 6. The standard InChI is InChI=1S/C17H16N2O6S/c1-3-6-19-16(23)12(15(22)18-17(19)26)7-10-4-5-11(8-13(10)24-2)25-9-14(20)21/h3-5,7-8H,1,6,9H2,2H3,(H,20,21)(H,18,22,26). The average molecular weight is 376 g/mol. The summed E-state index contributed by atoms with van der Waals surface area (Å²) in [7, 11) is 1.40. The van der Waals surface area contributed by atoms with Gasteiger partial charge in [0.2, 0.25) is 0 Å². The molecule has 1 saturated heterocycles. The van der Waals surface area contributed by atoms with Crippen LogP contribution in [0.3, 0.4) is 0 Å². The van der Waals surface area contributed by atoms with E-state index in [0.717, 1.165) is 0 Å². The van der Waals surface area contributed by atoms with Crippen molar-refractivity contribution >= 4 is 41.2 Å². The smallest absolute Gasteiger partial charge is 0.341 e. The summed E-state index contributed by atoms with van der Waals surface area (Å²) in [6, 6.07) is 4.52. The van der Waals surface area contributed by atoms with Crippen LogP contribution in [0.2, 0.25) is 0 Å². The zero-order valence-corrected chi connectivity index (χ0v) is 14.7. The second-order valence-corrected chi connectivity index (χ2v) is 5.49. The van der Waals surface area contributed by atoms with Crippen LogP contribution in [0.25, 0.3) is 6.08 Å². The van der Waals surface area contributed by atoms with Gasteiger partial charge in [0.1, 0.15) is 17.1 Å². The number of carbonyl (C=O) groups excluding carboxylic acids is 2. The van der Waals surface area contributed by atoms with Gasteiger partial charge >= 0.3 is 5.97 Å². The summed E-state index contributed by atoms with van der Waals surface area (Å²) < 4.78 is 10.3. The van der Waals surface area contributed by atoms with Crippen molar-refractivity contribution in [1.82, 2.24) is 10.2 Å². The maximum Gasteiger partial charge on any atom is 0.341 e. The predicted molar refractivity (Wildman–Crippen MR) is 96.8 cm³/mol. The highest BCUT2D eigenvalue weighted by Crippen LogP contribution is 2.27. The molecule has 0 aliphatic carbocycles. The van der Waals surface area contributed by atoms with E-state index in [1.165, 1.54) is 36.3 Å². The Morgan fingerprint density at radius 3 is 2.77 bits per heavy atom. The second kappa shape index (κ2) is 8.26. The molecule has 136 valence electrons. The molecule has 0 bridgehead atoms. The van der Waals surface area contributed by atoms with Gasteiger partial charge in [-0.1, -0.05) is 6.08 Å². The number of nitrogens with one attached hydrogen (secondary N) is 1. The molecule has 1 heterocycles. The Kier molecular flexibility index (Phi) is 6.07. The van der Waals surface area contributed by atoms with Crippen molar-refractivity contribution in [2.24, 2.45) is 0 Å². The number of ether oxygens (including phenoxy) is 2. The quantitative estimate of drug-likeness (QED) is 0.316. The summed E-state index contributed by atoms with van der Waals surface area (Å²) >= 11 is 4.99. The minimum atomic E-state index is -1.11. The molecule has 2 N–H and O–H groups in total. The van der Waals surface area contributed by atoms with Crippen molar-refractivity contribution in [2.45, 2.75) is 0 Å². The molecule has 0 spiro atoms. The molecule has 2 rings (SSSR count). The number of carboxylic acids is 1. The summed E-state index contributed by atoms with van der Waals surface area (Å²) in [4.78, 5) is 36.4. The highest BCUT2D eigenvalue weighted by Gasteiger charge is 2.32. The van der Waals surface area contributed by atoms with Crippen LogP contribution in [0.1, 0.15) is 5.56 Å². The number of amides is 2. The zero-order chi connectivity index (χ0) is 19.3. The normalized spacial score (nSPS) is 15.7. The van der Waals surface area contributed by atoms with E-state index in [2.05, 4.69) is 11.9 Å². The first-order chi connectivity index (χ1) is 12.4. The summed E-state index contributed by atoms with van der Waals surface area (Å²) in [6.07, 6.45) is 2.86. The van der Waals surface area contributed by atoms with E-state index >= 15 is 0 Å². The maximum atomic E-state index is 12.5. The predicted octanol–water partition coefficient (Wildman–Crippen LogP) is 0.971. The fourth-order valence-corrected chi connectivity index (χ4v) is 2.44. The Labute approximate surface area is 154 Å². The molecule has 8 nitrogen and oxygen atoms in total. The van der Waals surface area contributed by atoms with Crippen molar-refractivity contribution in [3.8, 4) is 11.5 Å². The van der Waals surface area contributed by atoms with Crippen LogP contribution >= 0.6 is 12.2 Å². The van der Waals surface area contributed by atoms with Crippen LogP contribution in [-0.2, 0) is 14.4 Å². The summed E-state index contributed by atoms with van der Waals surface area (Å²) in [5.41, 5.74) is 0.331. The van der Waals surface area contributed by atoms with Crippen LogP contribution in [0, 0.1) is 0 Å².